The average Bonchev–Trinajstić information content (AvgIpc) is 3.20. The quantitative estimate of drug-likeness (QED) is 0.407. The fraction of sp³-hybridized carbons (Fsp3) is 0.0833. The number of H-pyrrole nitrogens is 1. The topological polar surface area (TPSA) is 66.2 Å². The summed E-state index contributed by atoms with van der Waals surface area (Å²) >= 11 is 0. The molecule has 0 radical (unpaired) electrons. The molecule has 0 atom stereocenters. The standard InChI is InChI=1S/C24H20N4O/c1-2-16-12-13-22-18(14-16)21(15-23(29-22)17-8-4-3-5-9-17)27-28-24-25-19-10-6-7-11-20(19)26-24/h3-15H,2H2,1H3,(H2,25,26,28). The summed E-state index contributed by atoms with van der Waals surface area (Å²) in [6, 6.07) is 26.2. The molecular weight excluding hydrogens is 360 g/mol. The SMILES string of the molecule is CCc1ccc2oc(-c3ccccc3)cc(=NNc3nc4ccccc4[nH]3)c2c1. The highest BCUT2D eigenvalue weighted by molar-refractivity contribution is 5.79. The number of aromatic amines is 1. The van der Waals surface area contributed by atoms with Crippen molar-refractivity contribution in [3.05, 3.63) is 89.8 Å². The molecule has 0 aliphatic carbocycles. The summed E-state index contributed by atoms with van der Waals surface area (Å²) in [7, 11) is 0. The van der Waals surface area contributed by atoms with E-state index in [1.54, 1.807) is 0 Å². The monoisotopic (exact) mass is 380 g/mol. The fourth-order valence-corrected chi connectivity index (χ4v) is 3.39. The molecule has 5 heteroatoms. The summed E-state index contributed by atoms with van der Waals surface area (Å²) in [5, 5.41) is 6.43. The van der Waals surface area contributed by atoms with E-state index in [0.29, 0.717) is 5.95 Å². The first-order chi connectivity index (χ1) is 14.3. The smallest absolute Gasteiger partial charge is 0.222 e. The highest BCUT2D eigenvalue weighted by Gasteiger charge is 2.07. The van der Waals surface area contributed by atoms with Crippen LogP contribution in [0.4, 0.5) is 5.95 Å². The summed E-state index contributed by atoms with van der Waals surface area (Å²) in [6.07, 6.45) is 0.951. The third kappa shape index (κ3) is 3.38. The molecule has 5 aromatic rings. The first-order valence-corrected chi connectivity index (χ1v) is 9.67. The second kappa shape index (κ2) is 7.28. The Hall–Kier alpha value is -3.86. The van der Waals surface area contributed by atoms with E-state index < -0.39 is 0 Å². The Kier molecular flexibility index (Phi) is 4.33. The molecule has 0 aliphatic heterocycles. The van der Waals surface area contributed by atoms with Crippen LogP contribution in [-0.2, 0) is 6.42 Å². The van der Waals surface area contributed by atoms with Gasteiger partial charge in [0.1, 0.15) is 11.3 Å². The number of aryl methyl sites for hydroxylation is 1. The first kappa shape index (κ1) is 17.3. The van der Waals surface area contributed by atoms with Crippen molar-refractivity contribution in [1.82, 2.24) is 9.97 Å². The molecule has 0 aliphatic rings. The highest BCUT2D eigenvalue weighted by Crippen LogP contribution is 2.23. The van der Waals surface area contributed by atoms with Gasteiger partial charge < -0.3 is 9.40 Å². The van der Waals surface area contributed by atoms with Gasteiger partial charge in [0.15, 0.2) is 0 Å². The predicted molar refractivity (Wildman–Crippen MR) is 116 cm³/mol. The van der Waals surface area contributed by atoms with E-state index in [9.17, 15) is 0 Å². The van der Waals surface area contributed by atoms with Crippen molar-refractivity contribution >= 4 is 28.0 Å². The lowest BCUT2D eigenvalue weighted by Gasteiger charge is -2.06. The minimum Gasteiger partial charge on any atom is -0.456 e. The Morgan fingerprint density at radius 3 is 2.62 bits per heavy atom. The molecule has 142 valence electrons. The zero-order valence-corrected chi connectivity index (χ0v) is 16.0. The Morgan fingerprint density at radius 1 is 0.966 bits per heavy atom. The van der Waals surface area contributed by atoms with Crippen LogP contribution in [0.25, 0.3) is 33.3 Å². The van der Waals surface area contributed by atoms with Gasteiger partial charge in [0.2, 0.25) is 5.95 Å². The van der Waals surface area contributed by atoms with Crippen LogP contribution in [0.5, 0.6) is 0 Å². The van der Waals surface area contributed by atoms with Gasteiger partial charge in [-0.25, -0.2) is 10.4 Å². The van der Waals surface area contributed by atoms with Gasteiger partial charge in [-0.15, -0.1) is 0 Å². The normalized spacial score (nSPS) is 12.0. The molecule has 0 spiro atoms. The van der Waals surface area contributed by atoms with Gasteiger partial charge in [0.05, 0.1) is 16.4 Å². The number of anilines is 1. The number of benzene rings is 3. The maximum absolute atomic E-state index is 6.18. The van der Waals surface area contributed by atoms with E-state index in [1.807, 2.05) is 66.7 Å². The van der Waals surface area contributed by atoms with Crippen LogP contribution in [-0.4, -0.2) is 9.97 Å². The highest BCUT2D eigenvalue weighted by atomic mass is 16.3. The van der Waals surface area contributed by atoms with Crippen molar-refractivity contribution in [3.8, 4) is 11.3 Å². The Morgan fingerprint density at radius 2 is 1.79 bits per heavy atom. The van der Waals surface area contributed by atoms with Crippen LogP contribution >= 0.6 is 0 Å². The molecule has 2 N–H and O–H groups in total. The van der Waals surface area contributed by atoms with Gasteiger partial charge >= 0.3 is 0 Å². The van der Waals surface area contributed by atoms with E-state index in [2.05, 4.69) is 39.6 Å². The second-order valence-corrected chi connectivity index (χ2v) is 6.87. The zero-order chi connectivity index (χ0) is 19.6. The van der Waals surface area contributed by atoms with Crippen LogP contribution in [0.2, 0.25) is 0 Å². The molecular formula is C24H20N4O. The number of nitrogens with zero attached hydrogens (tertiary/aromatic N) is 2. The van der Waals surface area contributed by atoms with Gasteiger partial charge in [-0.3, -0.25) is 0 Å². The van der Waals surface area contributed by atoms with E-state index in [1.165, 1.54) is 5.56 Å². The summed E-state index contributed by atoms with van der Waals surface area (Å²) in [5.74, 6) is 1.38. The predicted octanol–water partition coefficient (Wildman–Crippen LogP) is 5.47. The lowest BCUT2D eigenvalue weighted by Crippen LogP contribution is -2.08. The van der Waals surface area contributed by atoms with E-state index in [4.69, 9.17) is 4.42 Å². The fourth-order valence-electron chi connectivity index (χ4n) is 3.39. The Balaban J connectivity index is 1.65. The van der Waals surface area contributed by atoms with Crippen LogP contribution in [0.3, 0.4) is 0 Å². The molecule has 0 unspecified atom stereocenters. The molecule has 5 rings (SSSR count). The maximum atomic E-state index is 6.18. The van der Waals surface area contributed by atoms with E-state index in [0.717, 1.165) is 45.1 Å². The lowest BCUT2D eigenvalue weighted by molar-refractivity contribution is 0.618. The Bertz CT molecular complexity index is 1330. The van der Waals surface area contributed by atoms with Gasteiger partial charge in [0, 0.05) is 17.0 Å². The molecule has 3 aromatic carbocycles. The minimum atomic E-state index is 0.605. The minimum absolute atomic E-state index is 0.605. The van der Waals surface area contributed by atoms with Crippen LogP contribution < -0.4 is 10.8 Å². The molecule has 2 aromatic heterocycles. The van der Waals surface area contributed by atoms with Gasteiger partial charge in [-0.1, -0.05) is 55.5 Å². The first-order valence-electron chi connectivity index (χ1n) is 9.67. The lowest BCUT2D eigenvalue weighted by atomic mass is 10.1. The molecule has 0 amide bonds. The van der Waals surface area contributed by atoms with Crippen LogP contribution in [0.15, 0.2) is 88.4 Å². The summed E-state index contributed by atoms with van der Waals surface area (Å²) in [5.41, 5.74) is 7.99. The number of rotatable bonds is 4. The number of hydrogen-bond donors (Lipinski definition) is 2. The van der Waals surface area contributed by atoms with Crippen molar-refractivity contribution in [1.29, 1.82) is 0 Å². The third-order valence-electron chi connectivity index (χ3n) is 4.95. The molecule has 2 heterocycles. The zero-order valence-electron chi connectivity index (χ0n) is 16.0. The van der Waals surface area contributed by atoms with Gasteiger partial charge in [0.25, 0.3) is 0 Å². The molecule has 5 nitrogen and oxygen atoms in total. The van der Waals surface area contributed by atoms with Crippen molar-refractivity contribution in [2.24, 2.45) is 5.10 Å². The summed E-state index contributed by atoms with van der Waals surface area (Å²) < 4.78 is 6.18. The summed E-state index contributed by atoms with van der Waals surface area (Å²) in [4.78, 5) is 7.78. The van der Waals surface area contributed by atoms with Gasteiger partial charge in [-0.2, -0.15) is 5.10 Å². The number of nitrogens with one attached hydrogen (secondary N) is 2. The van der Waals surface area contributed by atoms with Crippen LogP contribution in [0.1, 0.15) is 12.5 Å². The number of hydrogen-bond acceptors (Lipinski definition) is 4. The Labute approximate surface area is 167 Å². The molecule has 0 bridgehead atoms. The average molecular weight is 380 g/mol. The van der Waals surface area contributed by atoms with Crippen molar-refractivity contribution < 1.29 is 4.42 Å². The molecule has 0 saturated carbocycles. The number of para-hydroxylation sites is 2. The van der Waals surface area contributed by atoms with Crippen molar-refractivity contribution in [2.75, 3.05) is 5.43 Å². The van der Waals surface area contributed by atoms with E-state index in [-0.39, 0.29) is 0 Å². The maximum Gasteiger partial charge on any atom is 0.222 e. The molecule has 0 fully saturated rings. The van der Waals surface area contributed by atoms with Gasteiger partial charge in [-0.05, 0) is 36.2 Å². The number of fused-ring (bicyclic) bond motifs is 2. The third-order valence-corrected chi connectivity index (χ3v) is 4.95. The largest absolute Gasteiger partial charge is 0.456 e. The van der Waals surface area contributed by atoms with E-state index >= 15 is 0 Å². The van der Waals surface area contributed by atoms with Crippen molar-refractivity contribution in [2.45, 2.75) is 13.3 Å². The number of imidazole rings is 1. The second-order valence-electron chi connectivity index (χ2n) is 6.87. The van der Waals surface area contributed by atoms with Crippen molar-refractivity contribution in [3.63, 3.8) is 0 Å². The number of aromatic nitrogens is 2. The molecule has 0 saturated heterocycles. The molecule has 29 heavy (non-hydrogen) atoms. The van der Waals surface area contributed by atoms with Crippen LogP contribution in [0, 0.1) is 0 Å². The summed E-state index contributed by atoms with van der Waals surface area (Å²) in [6.45, 7) is 2.14.